The van der Waals surface area contributed by atoms with Crippen molar-refractivity contribution in [3.05, 3.63) is 21.7 Å². The minimum absolute atomic E-state index is 0.558. The fraction of sp³-hybridized carbons (Fsp3) is 0.500. The molecule has 1 aromatic rings. The van der Waals surface area contributed by atoms with Crippen LogP contribution in [0, 0.1) is 0 Å². The Morgan fingerprint density at radius 3 is 3.50 bits per heavy atom. The van der Waals surface area contributed by atoms with E-state index >= 15 is 0 Å². The summed E-state index contributed by atoms with van der Waals surface area (Å²) in [5, 5.41) is 3.64. The van der Waals surface area contributed by atoms with Gasteiger partial charge in [-0.25, -0.2) is 0 Å². The molecule has 0 saturated carbocycles. The molecule has 0 fully saturated rings. The van der Waals surface area contributed by atoms with Crippen LogP contribution in [0.2, 0.25) is 0 Å². The van der Waals surface area contributed by atoms with E-state index in [9.17, 15) is 4.79 Å². The van der Waals surface area contributed by atoms with Crippen LogP contribution < -0.4 is 10.9 Å². The zero-order chi connectivity index (χ0) is 12.4. The van der Waals surface area contributed by atoms with Gasteiger partial charge in [0.05, 0.1) is 14.8 Å². The monoisotopic (exact) mass is 146 g/mol. The van der Waals surface area contributed by atoms with E-state index in [1.165, 1.54) is 0 Å². The van der Waals surface area contributed by atoms with Crippen molar-refractivity contribution >= 4 is 0 Å². The van der Waals surface area contributed by atoms with Crippen LogP contribution in [0.1, 0.15) is 19.5 Å². The molecular weight excluding hydrogens is 132 g/mol. The molecule has 2 N–H and O–H groups in total. The number of nitrogens with one attached hydrogen (secondary N) is 2. The van der Waals surface area contributed by atoms with Crippen LogP contribution in [0.5, 0.6) is 0 Å². The Labute approximate surface area is 65.6 Å². The Morgan fingerprint density at radius 1 is 1.70 bits per heavy atom. The van der Waals surface area contributed by atoms with Crippen molar-refractivity contribution in [2.45, 2.75) is 12.9 Å². The topological polar surface area (TPSA) is 58.0 Å². The molecule has 0 radical (unpaired) electrons. The van der Waals surface area contributed by atoms with Gasteiger partial charge in [0.1, 0.15) is 0 Å². The summed E-state index contributed by atoms with van der Waals surface area (Å²) in [6.07, 6.45) is -2.67. The highest BCUT2D eigenvalue weighted by atomic mass is 16.5. The van der Waals surface area contributed by atoms with Gasteiger partial charge in [0.25, 0.3) is 5.56 Å². The minimum Gasteiger partial charge on any atom is -0.382 e. The zero-order valence-electron chi connectivity index (χ0n) is 10.8. The van der Waals surface area contributed by atoms with Crippen molar-refractivity contribution in [2.75, 3.05) is 6.50 Å². The lowest BCUT2D eigenvalue weighted by Gasteiger charge is -2.07. The summed E-state index contributed by atoms with van der Waals surface area (Å²) in [5.74, 6) is -0.558. The van der Waals surface area contributed by atoms with E-state index in [2.05, 4.69) is 4.52 Å². The van der Waals surface area contributed by atoms with Gasteiger partial charge >= 0.3 is 0 Å². The summed E-state index contributed by atoms with van der Waals surface area (Å²) in [6, 6.07) is 0. The van der Waals surface area contributed by atoms with Gasteiger partial charge in [0.2, 0.25) is 0 Å². The molecular formula is C6H8N2O2. The molecule has 2 rings (SSSR count). The highest BCUT2D eigenvalue weighted by molar-refractivity contribution is 5.16. The van der Waals surface area contributed by atoms with Gasteiger partial charge in [0, 0.05) is 5.48 Å². The fourth-order valence-corrected chi connectivity index (χ4v) is 0.686. The van der Waals surface area contributed by atoms with E-state index in [0.717, 1.165) is 0 Å². The first-order chi connectivity index (χ1) is 7.09. The first-order valence-electron chi connectivity index (χ1n) is 5.61. The van der Waals surface area contributed by atoms with Crippen LogP contribution in [0.4, 0.5) is 0 Å². The summed E-state index contributed by atoms with van der Waals surface area (Å²) < 4.78 is 49.3. The van der Waals surface area contributed by atoms with Crippen LogP contribution in [-0.2, 0) is 12.9 Å². The first-order valence-corrected chi connectivity index (χ1v) is 2.61. The zero-order valence-corrected chi connectivity index (χ0v) is 4.82. The molecule has 0 spiro atoms. The Morgan fingerprint density at radius 2 is 2.60 bits per heavy atom. The lowest BCUT2D eigenvalue weighted by molar-refractivity contribution is 0.362. The molecule has 1 aromatic heterocycles. The predicted octanol–water partition coefficient (Wildman–Crippen LogP) is -0.386. The van der Waals surface area contributed by atoms with E-state index in [4.69, 9.17) is 8.22 Å². The van der Waals surface area contributed by atoms with E-state index in [1.807, 2.05) is 10.5 Å². The maximum absolute atomic E-state index is 11.3. The Kier molecular flexibility index (Phi) is 0.443. The SMILES string of the molecule is [2H]C1([2H])NC([2H])([2H])C([2H])([2H])c2c1o[nH]c2=O. The minimum atomic E-state index is -2.71. The lowest BCUT2D eigenvalue weighted by atomic mass is 10.1. The third kappa shape index (κ3) is 0.690. The molecule has 0 bridgehead atoms. The molecule has 2 heterocycles. The number of H-pyrrole nitrogens is 1. The van der Waals surface area contributed by atoms with Crippen LogP contribution in [0.25, 0.3) is 0 Å². The van der Waals surface area contributed by atoms with E-state index in [-0.39, 0.29) is 0 Å². The van der Waals surface area contributed by atoms with Gasteiger partial charge in [0.15, 0.2) is 5.76 Å². The summed E-state index contributed by atoms with van der Waals surface area (Å²) in [7, 11) is 0. The van der Waals surface area contributed by atoms with Crippen molar-refractivity contribution in [3.63, 3.8) is 0 Å². The van der Waals surface area contributed by atoms with Crippen LogP contribution >= 0.6 is 0 Å². The normalized spacial score (nSPS) is 40.8. The average Bonchev–Trinajstić information content (AvgIpc) is 2.44. The molecule has 4 heteroatoms. The first kappa shape index (κ1) is 2.23. The quantitative estimate of drug-likeness (QED) is 0.524. The maximum Gasteiger partial charge on any atom is 0.283 e. The van der Waals surface area contributed by atoms with Crippen LogP contribution in [0.15, 0.2) is 9.32 Å². The van der Waals surface area contributed by atoms with Crippen molar-refractivity contribution in [1.82, 2.24) is 10.5 Å². The number of hydrogen-bond donors (Lipinski definition) is 2. The van der Waals surface area contributed by atoms with Gasteiger partial charge in [-0.1, -0.05) is 0 Å². The van der Waals surface area contributed by atoms with Gasteiger partial charge in [-0.3, -0.25) is 4.79 Å². The smallest absolute Gasteiger partial charge is 0.283 e. The molecule has 0 atom stereocenters. The highest BCUT2D eigenvalue weighted by Gasteiger charge is 2.15. The fourth-order valence-electron chi connectivity index (χ4n) is 0.686. The van der Waals surface area contributed by atoms with Gasteiger partial charge < -0.3 is 9.84 Å². The lowest BCUT2D eigenvalue weighted by Crippen LogP contribution is -2.25. The summed E-state index contributed by atoms with van der Waals surface area (Å²) in [4.78, 5) is 11.3. The Hall–Kier alpha value is -1.03. The number of rotatable bonds is 0. The number of fused-ring (bicyclic) bond motifs is 1. The van der Waals surface area contributed by atoms with Crippen molar-refractivity contribution in [3.8, 4) is 0 Å². The van der Waals surface area contributed by atoms with Crippen molar-refractivity contribution < 1.29 is 12.7 Å². The molecule has 1 aliphatic heterocycles. The second-order valence-electron chi connectivity index (χ2n) is 1.74. The number of aromatic amines is 1. The molecule has 0 amide bonds. The largest absolute Gasteiger partial charge is 0.382 e. The Balaban J connectivity index is 2.79. The second kappa shape index (κ2) is 1.98. The maximum atomic E-state index is 11.3. The van der Waals surface area contributed by atoms with Gasteiger partial charge in [-0.05, 0) is 12.9 Å². The molecule has 0 aliphatic carbocycles. The van der Waals surface area contributed by atoms with E-state index in [0.29, 0.717) is 0 Å². The van der Waals surface area contributed by atoms with Crippen molar-refractivity contribution in [1.29, 1.82) is 0 Å². The third-order valence-corrected chi connectivity index (χ3v) is 1.13. The Bertz CT molecular complexity index is 489. The number of aromatic nitrogens is 1. The predicted molar refractivity (Wildman–Crippen MR) is 34.7 cm³/mol. The van der Waals surface area contributed by atoms with Crippen LogP contribution in [-0.4, -0.2) is 11.7 Å². The summed E-state index contributed by atoms with van der Waals surface area (Å²) in [6.45, 7) is -5.15. The van der Waals surface area contributed by atoms with Gasteiger partial charge in [-0.15, -0.1) is 0 Å². The van der Waals surface area contributed by atoms with E-state index in [1.54, 1.807) is 0 Å². The standard InChI is InChI=1S/C6H8N2O2/c9-6-4-1-2-7-3-5(4)10-8-6/h7H,1-3H2,(H,8,9)/i1D2,2D2,3D2. The third-order valence-electron chi connectivity index (χ3n) is 1.13. The molecule has 0 saturated heterocycles. The molecule has 10 heavy (non-hydrogen) atoms. The van der Waals surface area contributed by atoms with Crippen molar-refractivity contribution in [2.24, 2.45) is 0 Å². The second-order valence-corrected chi connectivity index (χ2v) is 1.74. The summed E-state index contributed by atoms with van der Waals surface area (Å²) in [5.41, 5.74) is -1.62. The average molecular weight is 146 g/mol. The molecule has 0 aromatic carbocycles. The highest BCUT2D eigenvalue weighted by Crippen LogP contribution is 2.06. The molecule has 1 aliphatic rings. The van der Waals surface area contributed by atoms with E-state index < -0.39 is 36.2 Å². The number of hydrogen-bond acceptors (Lipinski definition) is 3. The molecule has 54 valence electrons. The van der Waals surface area contributed by atoms with Crippen LogP contribution in [0.3, 0.4) is 0 Å². The molecule has 0 unspecified atom stereocenters. The summed E-state index contributed by atoms with van der Waals surface area (Å²) >= 11 is 0. The van der Waals surface area contributed by atoms with Gasteiger partial charge in [-0.2, -0.15) is 5.16 Å². The molecule has 4 nitrogen and oxygen atoms in total.